The monoisotopic (exact) mass is 255 g/mol. The van der Waals surface area contributed by atoms with Gasteiger partial charge >= 0.3 is 0 Å². The SMILES string of the molecule is CCC1CCN(CCOCCC2(N)CNC2)CC1. The van der Waals surface area contributed by atoms with E-state index >= 15 is 0 Å². The van der Waals surface area contributed by atoms with Gasteiger partial charge in [-0.25, -0.2) is 0 Å². The van der Waals surface area contributed by atoms with E-state index in [0.29, 0.717) is 0 Å². The van der Waals surface area contributed by atoms with E-state index in [0.717, 1.165) is 45.2 Å². The fourth-order valence-electron chi connectivity index (χ4n) is 2.81. The molecule has 2 aliphatic rings. The first-order valence-electron chi connectivity index (χ1n) is 7.51. The minimum atomic E-state index is 0.0134. The summed E-state index contributed by atoms with van der Waals surface area (Å²) < 4.78 is 5.71. The number of hydrogen-bond acceptors (Lipinski definition) is 4. The first kappa shape index (κ1) is 14.3. The molecule has 18 heavy (non-hydrogen) atoms. The van der Waals surface area contributed by atoms with Gasteiger partial charge in [0, 0.05) is 31.8 Å². The Labute approximate surface area is 111 Å². The maximum atomic E-state index is 6.11. The molecule has 2 heterocycles. The van der Waals surface area contributed by atoms with Crippen molar-refractivity contribution in [1.82, 2.24) is 10.2 Å². The van der Waals surface area contributed by atoms with Crippen molar-refractivity contribution in [1.29, 1.82) is 0 Å². The molecule has 0 aromatic carbocycles. The number of nitrogens with zero attached hydrogens (tertiary/aromatic N) is 1. The second kappa shape index (κ2) is 6.85. The molecule has 0 amide bonds. The molecular formula is C14H29N3O. The number of likely N-dealkylation sites (tertiary alicyclic amines) is 1. The van der Waals surface area contributed by atoms with E-state index in [1.54, 1.807) is 0 Å². The molecule has 0 atom stereocenters. The third kappa shape index (κ3) is 4.19. The third-order valence-corrected chi connectivity index (χ3v) is 4.53. The fourth-order valence-corrected chi connectivity index (χ4v) is 2.81. The van der Waals surface area contributed by atoms with Crippen molar-refractivity contribution in [2.45, 2.75) is 38.1 Å². The van der Waals surface area contributed by atoms with Gasteiger partial charge in [0.05, 0.1) is 6.61 Å². The summed E-state index contributed by atoms with van der Waals surface area (Å²) in [4.78, 5) is 2.54. The predicted octanol–water partition coefficient (Wildman–Crippen LogP) is 0.816. The van der Waals surface area contributed by atoms with E-state index < -0.39 is 0 Å². The van der Waals surface area contributed by atoms with Crippen molar-refractivity contribution in [3.63, 3.8) is 0 Å². The van der Waals surface area contributed by atoms with Crippen molar-refractivity contribution < 1.29 is 4.74 Å². The highest BCUT2D eigenvalue weighted by Crippen LogP contribution is 2.19. The Bertz CT molecular complexity index is 235. The number of nitrogens with two attached hydrogens (primary N) is 1. The van der Waals surface area contributed by atoms with E-state index in [1.165, 1.54) is 32.4 Å². The van der Waals surface area contributed by atoms with Crippen LogP contribution in [0.3, 0.4) is 0 Å². The van der Waals surface area contributed by atoms with Crippen LogP contribution in [0.4, 0.5) is 0 Å². The van der Waals surface area contributed by atoms with E-state index in [-0.39, 0.29) is 5.54 Å². The lowest BCUT2D eigenvalue weighted by atomic mass is 9.90. The molecule has 2 rings (SSSR count). The zero-order chi connectivity index (χ0) is 12.8. The minimum absolute atomic E-state index is 0.0134. The number of hydrogen-bond donors (Lipinski definition) is 2. The molecule has 2 saturated heterocycles. The lowest BCUT2D eigenvalue weighted by molar-refractivity contribution is 0.0710. The van der Waals surface area contributed by atoms with Crippen LogP contribution in [0.2, 0.25) is 0 Å². The van der Waals surface area contributed by atoms with Gasteiger partial charge in [0.15, 0.2) is 0 Å². The zero-order valence-electron chi connectivity index (χ0n) is 11.8. The summed E-state index contributed by atoms with van der Waals surface area (Å²) in [5.74, 6) is 0.963. The highest BCUT2D eigenvalue weighted by molar-refractivity contribution is 4.96. The molecule has 0 unspecified atom stereocenters. The molecule has 106 valence electrons. The Balaban J connectivity index is 1.46. The van der Waals surface area contributed by atoms with Crippen LogP contribution in [0.1, 0.15) is 32.6 Å². The van der Waals surface area contributed by atoms with Crippen LogP contribution in [0.15, 0.2) is 0 Å². The molecule has 0 aliphatic carbocycles. The molecule has 3 N–H and O–H groups in total. The van der Waals surface area contributed by atoms with Gasteiger partial charge < -0.3 is 20.7 Å². The molecule has 0 aromatic rings. The molecule has 0 saturated carbocycles. The van der Waals surface area contributed by atoms with Gasteiger partial charge in [-0.05, 0) is 38.3 Å². The molecule has 0 radical (unpaired) electrons. The average molecular weight is 255 g/mol. The third-order valence-electron chi connectivity index (χ3n) is 4.53. The van der Waals surface area contributed by atoms with Crippen molar-refractivity contribution in [3.05, 3.63) is 0 Å². The molecule has 4 heteroatoms. The zero-order valence-corrected chi connectivity index (χ0v) is 11.8. The summed E-state index contributed by atoms with van der Waals surface area (Å²) in [6.45, 7) is 9.47. The van der Waals surface area contributed by atoms with Crippen LogP contribution in [-0.2, 0) is 4.74 Å². The highest BCUT2D eigenvalue weighted by Gasteiger charge is 2.31. The predicted molar refractivity (Wildman–Crippen MR) is 74.7 cm³/mol. The van der Waals surface area contributed by atoms with Crippen molar-refractivity contribution in [2.24, 2.45) is 11.7 Å². The number of rotatable bonds is 7. The van der Waals surface area contributed by atoms with Crippen LogP contribution >= 0.6 is 0 Å². The van der Waals surface area contributed by atoms with Gasteiger partial charge in [-0.15, -0.1) is 0 Å². The minimum Gasteiger partial charge on any atom is -0.380 e. The van der Waals surface area contributed by atoms with Crippen LogP contribution in [0.5, 0.6) is 0 Å². The molecule has 0 bridgehead atoms. The maximum absolute atomic E-state index is 6.11. The molecule has 4 nitrogen and oxygen atoms in total. The van der Waals surface area contributed by atoms with E-state index in [2.05, 4.69) is 17.1 Å². The first-order chi connectivity index (χ1) is 8.72. The molecule has 0 aromatic heterocycles. The van der Waals surface area contributed by atoms with Gasteiger partial charge in [-0.1, -0.05) is 13.3 Å². The van der Waals surface area contributed by atoms with Crippen LogP contribution in [-0.4, -0.2) is 56.4 Å². The van der Waals surface area contributed by atoms with Gasteiger partial charge in [-0.2, -0.15) is 0 Å². The molecular weight excluding hydrogens is 226 g/mol. The van der Waals surface area contributed by atoms with Crippen LogP contribution in [0, 0.1) is 5.92 Å². The summed E-state index contributed by atoms with van der Waals surface area (Å²) in [5, 5.41) is 3.22. The fraction of sp³-hybridized carbons (Fsp3) is 1.00. The topological polar surface area (TPSA) is 50.5 Å². The first-order valence-corrected chi connectivity index (χ1v) is 7.51. The van der Waals surface area contributed by atoms with Gasteiger partial charge in [-0.3, -0.25) is 0 Å². The normalized spacial score (nSPS) is 25.0. The van der Waals surface area contributed by atoms with Gasteiger partial charge in [0.25, 0.3) is 0 Å². The Kier molecular flexibility index (Phi) is 5.42. The largest absolute Gasteiger partial charge is 0.380 e. The Hall–Kier alpha value is -0.160. The summed E-state index contributed by atoms with van der Waals surface area (Å²) in [5.41, 5.74) is 6.12. The smallest absolute Gasteiger partial charge is 0.0593 e. The van der Waals surface area contributed by atoms with E-state index in [9.17, 15) is 0 Å². The summed E-state index contributed by atoms with van der Waals surface area (Å²) >= 11 is 0. The Morgan fingerprint density at radius 2 is 2.00 bits per heavy atom. The van der Waals surface area contributed by atoms with Gasteiger partial charge in [0.1, 0.15) is 0 Å². The average Bonchev–Trinajstić information content (AvgIpc) is 2.37. The maximum Gasteiger partial charge on any atom is 0.0593 e. The summed E-state index contributed by atoms with van der Waals surface area (Å²) in [6.07, 6.45) is 5.07. The van der Waals surface area contributed by atoms with Crippen LogP contribution < -0.4 is 11.1 Å². The Morgan fingerprint density at radius 1 is 1.28 bits per heavy atom. The highest BCUT2D eigenvalue weighted by atomic mass is 16.5. The van der Waals surface area contributed by atoms with Crippen molar-refractivity contribution in [2.75, 3.05) is 45.9 Å². The number of piperidine rings is 1. The van der Waals surface area contributed by atoms with E-state index in [4.69, 9.17) is 10.5 Å². The lowest BCUT2D eigenvalue weighted by Crippen LogP contribution is -2.65. The van der Waals surface area contributed by atoms with Crippen molar-refractivity contribution >= 4 is 0 Å². The standard InChI is InChI=1S/C14H29N3O/c1-2-13-3-6-17(7-4-13)8-10-18-9-5-14(15)11-16-12-14/h13,16H,2-12,15H2,1H3. The van der Waals surface area contributed by atoms with Crippen molar-refractivity contribution in [3.8, 4) is 0 Å². The lowest BCUT2D eigenvalue weighted by Gasteiger charge is -2.39. The Morgan fingerprint density at radius 3 is 2.56 bits per heavy atom. The van der Waals surface area contributed by atoms with E-state index in [1.807, 2.05) is 0 Å². The molecule has 2 aliphatic heterocycles. The number of ether oxygens (including phenoxy) is 1. The molecule has 2 fully saturated rings. The second-order valence-corrected chi connectivity index (χ2v) is 6.02. The quantitative estimate of drug-likeness (QED) is 0.661. The van der Waals surface area contributed by atoms with Gasteiger partial charge in [0.2, 0.25) is 0 Å². The number of nitrogens with one attached hydrogen (secondary N) is 1. The summed E-state index contributed by atoms with van der Waals surface area (Å²) in [7, 11) is 0. The summed E-state index contributed by atoms with van der Waals surface area (Å²) in [6, 6.07) is 0. The van der Waals surface area contributed by atoms with Crippen LogP contribution in [0.25, 0.3) is 0 Å². The second-order valence-electron chi connectivity index (χ2n) is 6.02. The molecule has 0 spiro atoms.